The van der Waals surface area contributed by atoms with Crippen LogP contribution in [-0.2, 0) is 0 Å². The third-order valence-corrected chi connectivity index (χ3v) is 3.47. The lowest BCUT2D eigenvalue weighted by atomic mass is 10.2. The summed E-state index contributed by atoms with van der Waals surface area (Å²) in [6.45, 7) is 0. The summed E-state index contributed by atoms with van der Waals surface area (Å²) in [6.07, 6.45) is 0. The van der Waals surface area contributed by atoms with E-state index >= 15 is 0 Å². The topological polar surface area (TPSA) is 25.8 Å². The maximum atomic E-state index is 5.84. The largest absolute Gasteiger partial charge is 0.234 e. The molecule has 0 radical (unpaired) electrons. The van der Waals surface area contributed by atoms with Crippen LogP contribution in [0, 0.1) is 0 Å². The normalized spacial score (nSPS) is 10.8. The lowest BCUT2D eigenvalue weighted by Gasteiger charge is -1.91. The Morgan fingerprint density at radius 3 is 2.56 bits per heavy atom. The van der Waals surface area contributed by atoms with Crippen LogP contribution < -0.4 is 0 Å². The Balaban J connectivity index is 2.19. The highest BCUT2D eigenvalue weighted by atomic mass is 35.5. The third-order valence-electron chi connectivity index (χ3n) is 2.24. The van der Waals surface area contributed by atoms with E-state index in [9.17, 15) is 0 Å². The van der Waals surface area contributed by atoms with Crippen LogP contribution in [-0.4, -0.2) is 9.97 Å². The van der Waals surface area contributed by atoms with E-state index in [0.717, 1.165) is 20.9 Å². The average Bonchev–Trinajstić information content (AvgIpc) is 2.73. The number of fused-ring (bicyclic) bond motifs is 1. The second-order valence-electron chi connectivity index (χ2n) is 3.34. The molecule has 4 heteroatoms. The van der Waals surface area contributed by atoms with E-state index in [1.54, 1.807) is 17.4 Å². The van der Waals surface area contributed by atoms with Crippen molar-refractivity contribution in [1.29, 1.82) is 0 Å². The number of hydrogen-bond donors (Lipinski definition) is 0. The van der Waals surface area contributed by atoms with Crippen molar-refractivity contribution in [2.24, 2.45) is 0 Å². The minimum Gasteiger partial charge on any atom is -0.234 e. The molecule has 0 saturated heterocycles. The van der Waals surface area contributed by atoms with Gasteiger partial charge in [-0.25, -0.2) is 9.97 Å². The Morgan fingerprint density at radius 2 is 1.75 bits per heavy atom. The number of halogens is 1. The molecule has 2 aromatic heterocycles. The predicted molar refractivity (Wildman–Crippen MR) is 67.9 cm³/mol. The van der Waals surface area contributed by atoms with Gasteiger partial charge in [0.05, 0.1) is 0 Å². The predicted octanol–water partition coefficient (Wildman–Crippen LogP) is 4.01. The molecule has 1 aromatic carbocycles. The van der Waals surface area contributed by atoms with Crippen LogP contribution in [0.25, 0.3) is 20.9 Å². The molecule has 16 heavy (non-hydrogen) atoms. The van der Waals surface area contributed by atoms with Crippen LogP contribution in [0.1, 0.15) is 0 Å². The fraction of sp³-hybridized carbons (Fsp3) is 0. The standard InChI is InChI=1S/C12H7ClN2S/c13-10-7-6-9-12(15-10)16-11(14-9)8-4-2-1-3-5-8/h1-7H. The molecule has 0 aliphatic heterocycles. The van der Waals surface area contributed by atoms with Gasteiger partial charge in [0.1, 0.15) is 20.5 Å². The molecular weight excluding hydrogens is 240 g/mol. The quantitative estimate of drug-likeness (QED) is 0.607. The van der Waals surface area contributed by atoms with Gasteiger partial charge in [-0.1, -0.05) is 53.3 Å². The fourth-order valence-corrected chi connectivity index (χ4v) is 2.64. The van der Waals surface area contributed by atoms with Gasteiger partial charge in [-0.2, -0.15) is 0 Å². The minimum atomic E-state index is 0.510. The highest BCUT2D eigenvalue weighted by molar-refractivity contribution is 7.21. The maximum Gasteiger partial charge on any atom is 0.145 e. The summed E-state index contributed by atoms with van der Waals surface area (Å²) in [6, 6.07) is 13.7. The number of benzene rings is 1. The summed E-state index contributed by atoms with van der Waals surface area (Å²) in [4.78, 5) is 9.65. The zero-order valence-corrected chi connectivity index (χ0v) is 9.79. The number of thiazole rings is 1. The summed E-state index contributed by atoms with van der Waals surface area (Å²) < 4.78 is 0. The van der Waals surface area contributed by atoms with Gasteiger partial charge in [-0.3, -0.25) is 0 Å². The minimum absolute atomic E-state index is 0.510. The fourth-order valence-electron chi connectivity index (χ4n) is 1.50. The van der Waals surface area contributed by atoms with E-state index in [0.29, 0.717) is 5.15 Å². The second-order valence-corrected chi connectivity index (χ2v) is 4.71. The van der Waals surface area contributed by atoms with Gasteiger partial charge in [-0.05, 0) is 12.1 Å². The average molecular weight is 247 g/mol. The Kier molecular flexibility index (Phi) is 2.35. The van der Waals surface area contributed by atoms with E-state index in [1.165, 1.54) is 0 Å². The van der Waals surface area contributed by atoms with Crippen molar-refractivity contribution in [3.8, 4) is 10.6 Å². The Morgan fingerprint density at radius 1 is 0.938 bits per heavy atom. The van der Waals surface area contributed by atoms with Gasteiger partial charge >= 0.3 is 0 Å². The van der Waals surface area contributed by atoms with Crippen LogP contribution in [0.2, 0.25) is 5.15 Å². The van der Waals surface area contributed by atoms with Crippen LogP contribution in [0.5, 0.6) is 0 Å². The van der Waals surface area contributed by atoms with Gasteiger partial charge < -0.3 is 0 Å². The molecule has 3 rings (SSSR count). The molecule has 0 amide bonds. The summed E-state index contributed by atoms with van der Waals surface area (Å²) in [5.74, 6) is 0. The van der Waals surface area contributed by atoms with Crippen LogP contribution in [0.15, 0.2) is 42.5 Å². The Hall–Kier alpha value is -1.45. The molecule has 0 atom stereocenters. The number of hydrogen-bond acceptors (Lipinski definition) is 3. The number of pyridine rings is 1. The number of nitrogens with zero attached hydrogens (tertiary/aromatic N) is 2. The summed E-state index contributed by atoms with van der Waals surface area (Å²) >= 11 is 7.40. The molecule has 3 aromatic rings. The zero-order valence-electron chi connectivity index (χ0n) is 8.22. The van der Waals surface area contributed by atoms with Crippen LogP contribution >= 0.6 is 22.9 Å². The van der Waals surface area contributed by atoms with Gasteiger partial charge in [0.15, 0.2) is 0 Å². The van der Waals surface area contributed by atoms with E-state index < -0.39 is 0 Å². The van der Waals surface area contributed by atoms with Crippen molar-refractivity contribution in [1.82, 2.24) is 9.97 Å². The van der Waals surface area contributed by atoms with Gasteiger partial charge in [0.25, 0.3) is 0 Å². The van der Waals surface area contributed by atoms with Gasteiger partial charge in [-0.15, -0.1) is 0 Å². The molecular formula is C12H7ClN2S. The summed E-state index contributed by atoms with van der Waals surface area (Å²) in [5.41, 5.74) is 2.01. The molecule has 0 bridgehead atoms. The smallest absolute Gasteiger partial charge is 0.145 e. The highest BCUT2D eigenvalue weighted by Crippen LogP contribution is 2.29. The highest BCUT2D eigenvalue weighted by Gasteiger charge is 2.06. The second kappa shape index (κ2) is 3.85. The monoisotopic (exact) mass is 246 g/mol. The Labute approximate surface area is 102 Å². The lowest BCUT2D eigenvalue weighted by Crippen LogP contribution is -1.74. The molecule has 0 aliphatic carbocycles. The number of rotatable bonds is 1. The van der Waals surface area contributed by atoms with Crippen LogP contribution in [0.3, 0.4) is 0 Å². The maximum absolute atomic E-state index is 5.84. The van der Waals surface area contributed by atoms with E-state index in [-0.39, 0.29) is 0 Å². The first-order valence-corrected chi connectivity index (χ1v) is 6.01. The number of aromatic nitrogens is 2. The molecule has 78 valence electrons. The van der Waals surface area contributed by atoms with Crippen LogP contribution in [0.4, 0.5) is 0 Å². The van der Waals surface area contributed by atoms with Crippen molar-refractivity contribution in [2.75, 3.05) is 0 Å². The van der Waals surface area contributed by atoms with E-state index in [4.69, 9.17) is 11.6 Å². The van der Waals surface area contributed by atoms with Gasteiger partial charge in [0, 0.05) is 5.56 Å². The lowest BCUT2D eigenvalue weighted by molar-refractivity contribution is 1.40. The Bertz CT molecular complexity index is 634. The SMILES string of the molecule is Clc1ccc2nc(-c3ccccc3)sc2n1. The van der Waals surface area contributed by atoms with Crippen molar-refractivity contribution in [2.45, 2.75) is 0 Å². The molecule has 0 spiro atoms. The van der Waals surface area contributed by atoms with Crippen molar-refractivity contribution < 1.29 is 0 Å². The summed E-state index contributed by atoms with van der Waals surface area (Å²) in [7, 11) is 0. The third kappa shape index (κ3) is 1.68. The van der Waals surface area contributed by atoms with Crippen molar-refractivity contribution >= 4 is 33.3 Å². The molecule has 0 fully saturated rings. The first-order chi connectivity index (χ1) is 7.83. The van der Waals surface area contributed by atoms with Crippen molar-refractivity contribution in [3.05, 3.63) is 47.6 Å². The molecule has 2 nitrogen and oxygen atoms in total. The molecule has 0 saturated carbocycles. The van der Waals surface area contributed by atoms with Crippen molar-refractivity contribution in [3.63, 3.8) is 0 Å². The molecule has 0 aliphatic rings. The molecule has 2 heterocycles. The molecule has 0 unspecified atom stereocenters. The first kappa shape index (κ1) is 9.75. The first-order valence-electron chi connectivity index (χ1n) is 4.81. The van der Waals surface area contributed by atoms with E-state index in [2.05, 4.69) is 9.97 Å². The zero-order chi connectivity index (χ0) is 11.0. The van der Waals surface area contributed by atoms with E-state index in [1.807, 2.05) is 36.4 Å². The molecule has 0 N–H and O–H groups in total. The van der Waals surface area contributed by atoms with Gasteiger partial charge in [0.2, 0.25) is 0 Å². The summed E-state index contributed by atoms with van der Waals surface area (Å²) in [5, 5.41) is 1.49.